The lowest BCUT2D eigenvalue weighted by atomic mass is 9.95. The zero-order valence-electron chi connectivity index (χ0n) is 16.5. The fraction of sp³-hybridized carbons (Fsp3) is 0.591. The summed E-state index contributed by atoms with van der Waals surface area (Å²) in [4.78, 5) is 17.2. The van der Waals surface area contributed by atoms with Crippen LogP contribution < -0.4 is 5.32 Å². The lowest BCUT2D eigenvalue weighted by Gasteiger charge is -2.32. The first-order chi connectivity index (χ1) is 13.2. The van der Waals surface area contributed by atoms with Crippen LogP contribution in [-0.2, 0) is 9.53 Å². The summed E-state index contributed by atoms with van der Waals surface area (Å²) < 4.78 is 5.36. The van der Waals surface area contributed by atoms with Crippen molar-refractivity contribution in [3.8, 4) is 0 Å². The zero-order chi connectivity index (χ0) is 18.9. The van der Waals surface area contributed by atoms with Gasteiger partial charge in [-0.2, -0.15) is 0 Å². The van der Waals surface area contributed by atoms with Crippen molar-refractivity contribution in [3.05, 3.63) is 41.5 Å². The van der Waals surface area contributed by atoms with Gasteiger partial charge in [-0.05, 0) is 38.4 Å². The van der Waals surface area contributed by atoms with Crippen molar-refractivity contribution >= 4 is 12.0 Å². The fourth-order valence-electron chi connectivity index (χ4n) is 3.89. The first kappa shape index (κ1) is 20.1. The van der Waals surface area contributed by atoms with Gasteiger partial charge in [0.1, 0.15) is 0 Å². The van der Waals surface area contributed by atoms with Crippen molar-refractivity contribution in [2.75, 3.05) is 59.0 Å². The third-order valence-corrected chi connectivity index (χ3v) is 5.47. The Hall–Kier alpha value is -1.69. The molecule has 148 valence electrons. The Bertz CT molecular complexity index is 603. The van der Waals surface area contributed by atoms with Crippen molar-refractivity contribution in [1.29, 1.82) is 0 Å². The van der Waals surface area contributed by atoms with Gasteiger partial charge in [0.05, 0.1) is 13.2 Å². The highest BCUT2D eigenvalue weighted by atomic mass is 16.5. The number of likely N-dealkylation sites (tertiary alicyclic amines) is 1. The molecule has 27 heavy (non-hydrogen) atoms. The van der Waals surface area contributed by atoms with Crippen molar-refractivity contribution < 1.29 is 9.53 Å². The number of hydrogen-bond donors (Lipinski definition) is 1. The van der Waals surface area contributed by atoms with Crippen molar-refractivity contribution in [2.24, 2.45) is 5.92 Å². The summed E-state index contributed by atoms with van der Waals surface area (Å²) in [5.74, 6) is 0.406. The highest BCUT2D eigenvalue weighted by molar-refractivity contribution is 5.78. The molecule has 5 heteroatoms. The molecular formula is C22H33N3O2. The number of nitrogens with zero attached hydrogens (tertiary/aromatic N) is 2. The molecule has 1 aromatic carbocycles. The van der Waals surface area contributed by atoms with E-state index in [4.69, 9.17) is 4.74 Å². The van der Waals surface area contributed by atoms with E-state index >= 15 is 0 Å². The smallest absolute Gasteiger partial charge is 0.223 e. The number of hydrogen-bond acceptors (Lipinski definition) is 4. The van der Waals surface area contributed by atoms with Crippen LogP contribution in [0.25, 0.3) is 6.08 Å². The van der Waals surface area contributed by atoms with Crippen molar-refractivity contribution in [2.45, 2.75) is 19.8 Å². The van der Waals surface area contributed by atoms with Gasteiger partial charge in [-0.1, -0.05) is 42.0 Å². The average Bonchev–Trinajstić information content (AvgIpc) is 2.70. The van der Waals surface area contributed by atoms with Gasteiger partial charge in [0.15, 0.2) is 0 Å². The predicted molar refractivity (Wildman–Crippen MR) is 110 cm³/mol. The van der Waals surface area contributed by atoms with Gasteiger partial charge in [-0.3, -0.25) is 14.6 Å². The molecular weight excluding hydrogens is 338 g/mol. The average molecular weight is 372 g/mol. The van der Waals surface area contributed by atoms with Gasteiger partial charge in [-0.15, -0.1) is 0 Å². The monoisotopic (exact) mass is 371 g/mol. The zero-order valence-corrected chi connectivity index (χ0v) is 16.5. The molecule has 0 bridgehead atoms. The Balaban J connectivity index is 1.34. The largest absolute Gasteiger partial charge is 0.379 e. The van der Waals surface area contributed by atoms with Crippen LogP contribution in [0.15, 0.2) is 35.9 Å². The van der Waals surface area contributed by atoms with Crippen LogP contribution >= 0.6 is 0 Å². The minimum atomic E-state index is 0.171. The van der Waals surface area contributed by atoms with E-state index in [9.17, 15) is 4.79 Å². The summed E-state index contributed by atoms with van der Waals surface area (Å²) in [7, 11) is 0. The predicted octanol–water partition coefficient (Wildman–Crippen LogP) is 2.25. The highest BCUT2D eigenvalue weighted by Crippen LogP contribution is 2.19. The third kappa shape index (κ3) is 6.76. The molecule has 2 fully saturated rings. The summed E-state index contributed by atoms with van der Waals surface area (Å²) in [5, 5.41) is 3.14. The minimum Gasteiger partial charge on any atom is -0.379 e. The normalized spacial score (nSPS) is 20.6. The molecule has 2 heterocycles. The molecule has 0 aromatic heterocycles. The standard InChI is InChI=1S/C22H33N3O2/c1-19(17-20-5-3-2-4-6-20)18-25-10-7-21(8-11-25)22(26)23-9-12-24-13-15-27-16-14-24/h2-6,17,21H,7-16,18H2,1H3,(H,23,26). The molecule has 1 amide bonds. The molecule has 0 saturated carbocycles. The van der Waals surface area contributed by atoms with Crippen LogP contribution in [0.1, 0.15) is 25.3 Å². The number of morpholine rings is 1. The van der Waals surface area contributed by atoms with Gasteiger partial charge >= 0.3 is 0 Å². The van der Waals surface area contributed by atoms with E-state index < -0.39 is 0 Å². The molecule has 0 radical (unpaired) electrons. The molecule has 0 atom stereocenters. The molecule has 1 aromatic rings. The molecule has 2 aliphatic rings. The van der Waals surface area contributed by atoms with Crippen molar-refractivity contribution in [1.82, 2.24) is 15.1 Å². The van der Waals surface area contributed by atoms with Gasteiger partial charge in [0, 0.05) is 38.6 Å². The van der Waals surface area contributed by atoms with E-state index in [1.54, 1.807) is 0 Å². The second-order valence-electron chi connectivity index (χ2n) is 7.70. The number of amides is 1. The van der Waals surface area contributed by atoms with Crippen LogP contribution in [0.4, 0.5) is 0 Å². The summed E-state index contributed by atoms with van der Waals surface area (Å²) in [6.07, 6.45) is 4.18. The Kier molecular flexibility index (Phi) is 7.87. The number of rotatable bonds is 7. The topological polar surface area (TPSA) is 44.8 Å². The molecule has 3 rings (SSSR count). The van der Waals surface area contributed by atoms with E-state index in [-0.39, 0.29) is 11.8 Å². The number of piperidine rings is 1. The van der Waals surface area contributed by atoms with Crippen LogP contribution in [-0.4, -0.2) is 74.7 Å². The van der Waals surface area contributed by atoms with E-state index in [1.807, 2.05) is 6.07 Å². The highest BCUT2D eigenvalue weighted by Gasteiger charge is 2.24. The van der Waals surface area contributed by atoms with Gasteiger partial charge in [0.25, 0.3) is 0 Å². The molecule has 0 unspecified atom stereocenters. The summed E-state index contributed by atoms with van der Waals surface area (Å²) in [5.41, 5.74) is 2.62. The van der Waals surface area contributed by atoms with Gasteiger partial charge < -0.3 is 10.1 Å². The number of carbonyl (C=O) groups excluding carboxylic acids is 1. The molecule has 0 spiro atoms. The van der Waals surface area contributed by atoms with Crippen LogP contribution in [0.2, 0.25) is 0 Å². The lowest BCUT2D eigenvalue weighted by molar-refractivity contribution is -0.126. The number of benzene rings is 1. The van der Waals surface area contributed by atoms with Gasteiger partial charge in [0.2, 0.25) is 5.91 Å². The van der Waals surface area contributed by atoms with Crippen LogP contribution in [0.3, 0.4) is 0 Å². The summed E-state index contributed by atoms with van der Waals surface area (Å²) >= 11 is 0. The summed E-state index contributed by atoms with van der Waals surface area (Å²) in [6.45, 7) is 10.4. The SMILES string of the molecule is CC(=Cc1ccccc1)CN1CCC(C(=O)NCCN2CCOCC2)CC1. The Morgan fingerprint density at radius 3 is 2.52 bits per heavy atom. The second kappa shape index (κ2) is 10.6. The van der Waals surface area contributed by atoms with E-state index in [2.05, 4.69) is 52.4 Å². The molecule has 2 saturated heterocycles. The third-order valence-electron chi connectivity index (χ3n) is 5.47. The first-order valence-corrected chi connectivity index (χ1v) is 10.2. The lowest BCUT2D eigenvalue weighted by Crippen LogP contribution is -2.44. The number of carbonyl (C=O) groups is 1. The van der Waals surface area contributed by atoms with Gasteiger partial charge in [-0.25, -0.2) is 0 Å². The molecule has 0 aliphatic carbocycles. The quantitative estimate of drug-likeness (QED) is 0.799. The number of ether oxygens (including phenoxy) is 1. The maximum absolute atomic E-state index is 12.4. The Morgan fingerprint density at radius 2 is 1.81 bits per heavy atom. The molecule has 2 aliphatic heterocycles. The molecule has 1 N–H and O–H groups in total. The van der Waals surface area contributed by atoms with Crippen molar-refractivity contribution in [3.63, 3.8) is 0 Å². The number of nitrogens with one attached hydrogen (secondary N) is 1. The second-order valence-corrected chi connectivity index (χ2v) is 7.70. The van der Waals surface area contributed by atoms with E-state index in [0.717, 1.165) is 71.9 Å². The summed E-state index contributed by atoms with van der Waals surface area (Å²) in [6, 6.07) is 10.5. The van der Waals surface area contributed by atoms with Crippen LogP contribution in [0.5, 0.6) is 0 Å². The maximum atomic E-state index is 12.4. The first-order valence-electron chi connectivity index (χ1n) is 10.2. The van der Waals surface area contributed by atoms with Crippen LogP contribution in [0, 0.1) is 5.92 Å². The Morgan fingerprint density at radius 1 is 1.11 bits per heavy atom. The fourth-order valence-corrected chi connectivity index (χ4v) is 3.89. The Labute approximate surface area is 163 Å². The molecule has 5 nitrogen and oxygen atoms in total. The maximum Gasteiger partial charge on any atom is 0.223 e. The van der Waals surface area contributed by atoms with E-state index in [1.165, 1.54) is 11.1 Å². The van der Waals surface area contributed by atoms with E-state index in [0.29, 0.717) is 0 Å². The minimum absolute atomic E-state index is 0.171.